The molecule has 2 atom stereocenters. The van der Waals surface area contributed by atoms with Crippen LogP contribution in [-0.4, -0.2) is 30.7 Å². The van der Waals surface area contributed by atoms with Gasteiger partial charge >= 0.3 is 18.7 Å². The van der Waals surface area contributed by atoms with Crippen LogP contribution in [0.15, 0.2) is 72.8 Å². The van der Waals surface area contributed by atoms with Gasteiger partial charge in [-0.15, -0.1) is 0 Å². The van der Waals surface area contributed by atoms with E-state index in [0.717, 1.165) is 36.4 Å². The summed E-state index contributed by atoms with van der Waals surface area (Å²) in [6, 6.07) is 11.4. The lowest BCUT2D eigenvalue weighted by Gasteiger charge is -2.37. The van der Waals surface area contributed by atoms with Gasteiger partial charge in [0.2, 0.25) is 5.91 Å². The lowest BCUT2D eigenvalue weighted by atomic mass is 9.77. The molecule has 0 heterocycles. The van der Waals surface area contributed by atoms with Crippen LogP contribution >= 0.6 is 0 Å². The third-order valence-electron chi connectivity index (χ3n) is 5.70. The predicted molar refractivity (Wildman–Crippen MR) is 122 cm³/mol. The molecule has 0 aliphatic carbocycles. The van der Waals surface area contributed by atoms with E-state index in [-0.39, 0.29) is 17.5 Å². The highest BCUT2D eigenvalue weighted by molar-refractivity contribution is 5.79. The van der Waals surface area contributed by atoms with Crippen LogP contribution in [0, 0.1) is 11.6 Å². The number of benzene rings is 3. The van der Waals surface area contributed by atoms with Crippen LogP contribution in [-0.2, 0) is 16.8 Å². The van der Waals surface area contributed by atoms with Crippen molar-refractivity contribution in [2.75, 3.05) is 0 Å². The zero-order valence-corrected chi connectivity index (χ0v) is 19.8. The predicted octanol–water partition coefficient (Wildman–Crippen LogP) is 6.08. The standard InChI is InChI=1S/C26H21F9N2O2/c27-18-8-6-16(7-9-18)24(14-15-4-2-1-3-5-15,37-22(38)13-21(36)25(31,32)33)17-10-19(28)12-20(11-17)39-26(34,35)23(29)30/h1-12,21,23H,13-14,36H2,(H,37,38)/t21?,24-/m1/s1. The molecule has 3 aromatic carbocycles. The summed E-state index contributed by atoms with van der Waals surface area (Å²) in [7, 11) is 0. The van der Waals surface area contributed by atoms with Crippen LogP contribution < -0.4 is 15.8 Å². The molecule has 0 saturated heterocycles. The molecule has 13 heteroatoms. The van der Waals surface area contributed by atoms with Crippen LogP contribution in [0.5, 0.6) is 5.75 Å². The topological polar surface area (TPSA) is 64.4 Å². The van der Waals surface area contributed by atoms with Crippen molar-refractivity contribution >= 4 is 5.91 Å². The van der Waals surface area contributed by atoms with Crippen molar-refractivity contribution in [2.45, 2.75) is 43.1 Å². The first kappa shape index (κ1) is 29.8. The molecular formula is C26H21F9N2O2. The summed E-state index contributed by atoms with van der Waals surface area (Å²) in [5.41, 5.74) is 3.12. The number of ether oxygens (including phenoxy) is 1. The summed E-state index contributed by atoms with van der Waals surface area (Å²) >= 11 is 0. The van der Waals surface area contributed by atoms with Crippen molar-refractivity contribution in [1.29, 1.82) is 0 Å². The Morgan fingerprint density at radius 2 is 1.46 bits per heavy atom. The van der Waals surface area contributed by atoms with Crippen molar-refractivity contribution in [3.05, 3.63) is 101 Å². The number of amides is 1. The molecule has 0 fully saturated rings. The molecule has 0 spiro atoms. The molecule has 4 nitrogen and oxygen atoms in total. The van der Waals surface area contributed by atoms with Gasteiger partial charge in [0.1, 0.15) is 23.4 Å². The van der Waals surface area contributed by atoms with E-state index in [1.807, 2.05) is 0 Å². The van der Waals surface area contributed by atoms with Gasteiger partial charge in [0.05, 0.1) is 12.0 Å². The van der Waals surface area contributed by atoms with Gasteiger partial charge in [-0.05, 0) is 41.0 Å². The molecule has 3 N–H and O–H groups in total. The monoisotopic (exact) mass is 564 g/mol. The van der Waals surface area contributed by atoms with Gasteiger partial charge in [-0.2, -0.15) is 30.7 Å². The second kappa shape index (κ2) is 11.6. The van der Waals surface area contributed by atoms with E-state index in [9.17, 15) is 44.3 Å². The molecule has 1 unspecified atom stereocenters. The Kier molecular flexibility index (Phi) is 8.84. The van der Waals surface area contributed by atoms with E-state index < -0.39 is 60.0 Å². The average molecular weight is 564 g/mol. The molecule has 0 aliphatic rings. The quantitative estimate of drug-likeness (QED) is 0.294. The fourth-order valence-corrected chi connectivity index (χ4v) is 3.87. The average Bonchev–Trinajstić information content (AvgIpc) is 2.83. The molecule has 3 rings (SSSR count). The number of hydrogen-bond acceptors (Lipinski definition) is 3. The maximum atomic E-state index is 14.7. The number of carbonyl (C=O) groups is 1. The Morgan fingerprint density at radius 3 is 2.03 bits per heavy atom. The van der Waals surface area contributed by atoms with Crippen LogP contribution in [0.3, 0.4) is 0 Å². The molecule has 39 heavy (non-hydrogen) atoms. The second-order valence-electron chi connectivity index (χ2n) is 8.62. The molecule has 0 aromatic heterocycles. The molecule has 0 saturated carbocycles. The van der Waals surface area contributed by atoms with Crippen molar-refractivity contribution < 1.29 is 49.0 Å². The summed E-state index contributed by atoms with van der Waals surface area (Å²) in [5.74, 6) is -4.33. The molecule has 3 aromatic rings. The largest absolute Gasteiger partial charge is 0.461 e. The number of rotatable bonds is 10. The van der Waals surface area contributed by atoms with E-state index in [0.29, 0.717) is 11.6 Å². The number of nitrogens with one attached hydrogen (secondary N) is 1. The summed E-state index contributed by atoms with van der Waals surface area (Å²) in [6.07, 6.45) is -15.8. The molecule has 210 valence electrons. The van der Waals surface area contributed by atoms with Gasteiger partial charge in [-0.25, -0.2) is 8.78 Å². The Bertz CT molecular complexity index is 1270. The normalized spacial score (nSPS) is 14.5. The van der Waals surface area contributed by atoms with Crippen LogP contribution in [0.2, 0.25) is 0 Å². The Labute approximate surface area is 216 Å². The van der Waals surface area contributed by atoms with Gasteiger partial charge < -0.3 is 15.8 Å². The maximum Gasteiger partial charge on any atom is 0.461 e. The van der Waals surface area contributed by atoms with Crippen molar-refractivity contribution in [3.63, 3.8) is 0 Å². The molecule has 1 amide bonds. The van der Waals surface area contributed by atoms with E-state index in [1.54, 1.807) is 30.3 Å². The van der Waals surface area contributed by atoms with Gasteiger partial charge in [0.15, 0.2) is 0 Å². The Hall–Kier alpha value is -3.74. The Morgan fingerprint density at radius 1 is 0.846 bits per heavy atom. The summed E-state index contributed by atoms with van der Waals surface area (Å²) < 4.78 is 125. The van der Waals surface area contributed by atoms with Crippen LogP contribution in [0.25, 0.3) is 0 Å². The lowest BCUT2D eigenvalue weighted by molar-refractivity contribution is -0.253. The second-order valence-corrected chi connectivity index (χ2v) is 8.62. The highest BCUT2D eigenvalue weighted by Crippen LogP contribution is 2.38. The number of alkyl halides is 7. The fraction of sp³-hybridized carbons (Fsp3) is 0.269. The lowest BCUT2D eigenvalue weighted by Crippen LogP contribution is -2.51. The number of hydrogen-bond donors (Lipinski definition) is 2. The highest BCUT2D eigenvalue weighted by atomic mass is 19.4. The number of halogens is 9. The van der Waals surface area contributed by atoms with Gasteiger partial charge in [-0.3, -0.25) is 4.79 Å². The SMILES string of the molecule is NC(CC(=O)N[C@](Cc1ccccc1)(c1ccc(F)cc1)c1cc(F)cc(OC(F)(F)C(F)F)c1)C(F)(F)F. The third kappa shape index (κ3) is 7.43. The minimum Gasteiger partial charge on any atom is -0.428 e. The smallest absolute Gasteiger partial charge is 0.428 e. The molecule has 0 aliphatic heterocycles. The van der Waals surface area contributed by atoms with Gasteiger partial charge in [0.25, 0.3) is 0 Å². The number of carbonyl (C=O) groups excluding carboxylic acids is 1. The summed E-state index contributed by atoms with van der Waals surface area (Å²) in [5, 5.41) is 2.37. The first-order chi connectivity index (χ1) is 18.1. The maximum absolute atomic E-state index is 14.7. The summed E-state index contributed by atoms with van der Waals surface area (Å²) in [4.78, 5) is 12.9. The van der Waals surface area contributed by atoms with Crippen LogP contribution in [0.4, 0.5) is 39.5 Å². The first-order valence-electron chi connectivity index (χ1n) is 11.2. The van der Waals surface area contributed by atoms with Crippen molar-refractivity contribution in [3.8, 4) is 5.75 Å². The zero-order chi connectivity index (χ0) is 29.0. The molecule has 0 radical (unpaired) electrons. The van der Waals surface area contributed by atoms with E-state index in [4.69, 9.17) is 5.73 Å². The van der Waals surface area contributed by atoms with Gasteiger partial charge in [0, 0.05) is 12.5 Å². The van der Waals surface area contributed by atoms with E-state index in [2.05, 4.69) is 10.1 Å². The van der Waals surface area contributed by atoms with Crippen LogP contribution in [0.1, 0.15) is 23.1 Å². The highest BCUT2D eigenvalue weighted by Gasteiger charge is 2.45. The van der Waals surface area contributed by atoms with Crippen molar-refractivity contribution in [1.82, 2.24) is 5.32 Å². The first-order valence-corrected chi connectivity index (χ1v) is 11.2. The minimum atomic E-state index is -5.02. The van der Waals surface area contributed by atoms with Crippen molar-refractivity contribution in [2.24, 2.45) is 5.73 Å². The molecule has 0 bridgehead atoms. The van der Waals surface area contributed by atoms with E-state index in [1.165, 1.54) is 0 Å². The molecular weight excluding hydrogens is 543 g/mol. The zero-order valence-electron chi connectivity index (χ0n) is 19.8. The summed E-state index contributed by atoms with van der Waals surface area (Å²) in [6.45, 7) is 0. The van der Waals surface area contributed by atoms with Gasteiger partial charge in [-0.1, -0.05) is 42.5 Å². The van der Waals surface area contributed by atoms with E-state index >= 15 is 0 Å². The fourth-order valence-electron chi connectivity index (χ4n) is 3.87. The minimum absolute atomic E-state index is 0.00106. The third-order valence-corrected chi connectivity index (χ3v) is 5.70. The Balaban J connectivity index is 2.23. The number of nitrogens with two attached hydrogens (primary N) is 1.